The van der Waals surface area contributed by atoms with E-state index in [0.717, 1.165) is 32.0 Å². The minimum absolute atomic E-state index is 0.415. The van der Waals surface area contributed by atoms with Gasteiger partial charge >= 0.3 is 11.9 Å². The highest BCUT2D eigenvalue weighted by Crippen LogP contribution is 2.43. The molecule has 0 saturated carbocycles. The van der Waals surface area contributed by atoms with E-state index in [2.05, 4.69) is 0 Å². The molecule has 0 N–H and O–H groups in total. The van der Waals surface area contributed by atoms with Crippen molar-refractivity contribution in [3.63, 3.8) is 0 Å². The zero-order chi connectivity index (χ0) is 26.0. The highest BCUT2D eigenvalue weighted by atomic mass is 32.2. The van der Waals surface area contributed by atoms with Crippen molar-refractivity contribution >= 4 is 48.0 Å². The first-order valence-corrected chi connectivity index (χ1v) is 12.6. The van der Waals surface area contributed by atoms with Crippen molar-refractivity contribution in [2.24, 2.45) is 0 Å². The molecule has 4 nitrogen and oxygen atoms in total. The molecule has 0 unspecified atom stereocenters. The van der Waals surface area contributed by atoms with Crippen LogP contribution in [0, 0.1) is 0 Å². The largest absolute Gasteiger partial charge is 0.425 e. The van der Waals surface area contributed by atoms with Crippen LogP contribution in [0.1, 0.15) is 36.1 Å². The Morgan fingerprint density at radius 2 is 0.946 bits per heavy atom. The first-order valence-electron chi connectivity index (χ1n) is 11.8. The standard InChI is InChI=1S/C32H26O4S/c1-23(33)35-31-27(21-19-25-11-5-3-6-12-25)15-9-17-29(31)37-30-18-10-16-28(32(30)36-24(2)34)22-20-26-13-7-4-8-14-26/h3-22H,1-2H3/b21-19-,22-20-. The molecule has 0 aliphatic rings. The van der Waals surface area contributed by atoms with Gasteiger partial charge in [-0.3, -0.25) is 9.59 Å². The molecule has 0 spiro atoms. The van der Waals surface area contributed by atoms with E-state index in [9.17, 15) is 9.59 Å². The molecule has 0 bridgehead atoms. The van der Waals surface area contributed by atoms with Crippen LogP contribution < -0.4 is 9.47 Å². The van der Waals surface area contributed by atoms with Crippen molar-refractivity contribution in [1.29, 1.82) is 0 Å². The number of carbonyl (C=O) groups is 2. The summed E-state index contributed by atoms with van der Waals surface area (Å²) >= 11 is 1.37. The zero-order valence-corrected chi connectivity index (χ0v) is 21.4. The lowest BCUT2D eigenvalue weighted by Gasteiger charge is -2.15. The maximum atomic E-state index is 12.0. The molecule has 4 rings (SSSR count). The van der Waals surface area contributed by atoms with Crippen LogP contribution in [0.5, 0.6) is 11.5 Å². The number of rotatable bonds is 8. The lowest BCUT2D eigenvalue weighted by Crippen LogP contribution is -2.05. The first kappa shape index (κ1) is 25.7. The van der Waals surface area contributed by atoms with Gasteiger partial charge < -0.3 is 9.47 Å². The molecule has 0 saturated heterocycles. The van der Waals surface area contributed by atoms with Crippen LogP contribution in [0.4, 0.5) is 0 Å². The van der Waals surface area contributed by atoms with Crippen LogP contribution >= 0.6 is 11.8 Å². The molecule has 37 heavy (non-hydrogen) atoms. The van der Waals surface area contributed by atoms with Gasteiger partial charge in [0.05, 0.1) is 9.79 Å². The molecule has 0 radical (unpaired) electrons. The number of esters is 2. The molecule has 5 heteroatoms. The molecule has 4 aromatic rings. The second-order valence-electron chi connectivity index (χ2n) is 8.13. The summed E-state index contributed by atoms with van der Waals surface area (Å²) in [5.74, 6) is 0.0710. The van der Waals surface area contributed by atoms with E-state index in [-0.39, 0.29) is 0 Å². The van der Waals surface area contributed by atoms with Crippen LogP contribution in [0.15, 0.2) is 107 Å². The number of ether oxygens (including phenoxy) is 2. The molecule has 0 amide bonds. The molecule has 0 aromatic heterocycles. The van der Waals surface area contributed by atoms with Gasteiger partial charge in [-0.15, -0.1) is 0 Å². The highest BCUT2D eigenvalue weighted by Gasteiger charge is 2.17. The predicted octanol–water partition coefficient (Wildman–Crippen LogP) is 8.03. The number of para-hydroxylation sites is 2. The maximum absolute atomic E-state index is 12.0. The van der Waals surface area contributed by atoms with Gasteiger partial charge in [0.1, 0.15) is 0 Å². The Bertz CT molecular complexity index is 1330. The van der Waals surface area contributed by atoms with Gasteiger partial charge in [-0.05, 0) is 23.3 Å². The van der Waals surface area contributed by atoms with Crippen LogP contribution in [-0.2, 0) is 9.59 Å². The maximum Gasteiger partial charge on any atom is 0.308 e. The Hall–Kier alpha value is -4.35. The van der Waals surface area contributed by atoms with Crippen molar-refractivity contribution in [1.82, 2.24) is 0 Å². The van der Waals surface area contributed by atoms with Crippen molar-refractivity contribution < 1.29 is 19.1 Å². The first-order chi connectivity index (χ1) is 18.0. The summed E-state index contributed by atoms with van der Waals surface area (Å²) in [7, 11) is 0. The average Bonchev–Trinajstić information content (AvgIpc) is 2.89. The zero-order valence-electron chi connectivity index (χ0n) is 20.6. The summed E-state index contributed by atoms with van der Waals surface area (Å²) in [6, 6.07) is 31.2. The minimum atomic E-state index is -0.415. The molecule has 0 atom stereocenters. The van der Waals surface area contributed by atoms with Crippen molar-refractivity contribution in [3.05, 3.63) is 119 Å². The smallest absolute Gasteiger partial charge is 0.308 e. The molecule has 0 fully saturated rings. The van der Waals surface area contributed by atoms with E-state index in [1.807, 2.05) is 121 Å². The fourth-order valence-corrected chi connectivity index (χ4v) is 4.65. The van der Waals surface area contributed by atoms with Crippen molar-refractivity contribution in [3.8, 4) is 11.5 Å². The molecule has 184 valence electrons. The fraction of sp³-hybridized carbons (Fsp3) is 0.0625. The third-order valence-electron chi connectivity index (χ3n) is 5.24. The van der Waals surface area contributed by atoms with E-state index in [4.69, 9.17) is 9.47 Å². The summed E-state index contributed by atoms with van der Waals surface area (Å²) < 4.78 is 11.3. The molecule has 0 aliphatic carbocycles. The summed E-state index contributed by atoms with van der Waals surface area (Å²) in [6.07, 6.45) is 7.78. The van der Waals surface area contributed by atoms with Crippen LogP contribution in [0.25, 0.3) is 24.3 Å². The topological polar surface area (TPSA) is 52.6 Å². The van der Waals surface area contributed by atoms with E-state index in [1.165, 1.54) is 25.6 Å². The normalized spacial score (nSPS) is 11.1. The minimum Gasteiger partial charge on any atom is -0.425 e. The van der Waals surface area contributed by atoms with Gasteiger partial charge in [0, 0.05) is 25.0 Å². The van der Waals surface area contributed by atoms with Crippen LogP contribution in [0.2, 0.25) is 0 Å². The summed E-state index contributed by atoms with van der Waals surface area (Å²) in [5.41, 5.74) is 3.59. The predicted molar refractivity (Wildman–Crippen MR) is 150 cm³/mol. The number of carbonyl (C=O) groups excluding carboxylic acids is 2. The van der Waals surface area contributed by atoms with Gasteiger partial charge in [0.15, 0.2) is 11.5 Å². The number of benzene rings is 4. The molecule has 0 aliphatic heterocycles. The van der Waals surface area contributed by atoms with Gasteiger partial charge in [0.25, 0.3) is 0 Å². The van der Waals surface area contributed by atoms with Crippen LogP contribution in [-0.4, -0.2) is 11.9 Å². The lowest BCUT2D eigenvalue weighted by atomic mass is 10.1. The molecule has 0 heterocycles. The number of hydrogen-bond donors (Lipinski definition) is 0. The third-order valence-corrected chi connectivity index (χ3v) is 6.32. The Labute approximate surface area is 221 Å². The molecular weight excluding hydrogens is 480 g/mol. The average molecular weight is 507 g/mol. The monoisotopic (exact) mass is 506 g/mol. The van der Waals surface area contributed by atoms with E-state index in [0.29, 0.717) is 11.5 Å². The molecule has 4 aromatic carbocycles. The fourth-order valence-electron chi connectivity index (χ4n) is 3.61. The second-order valence-corrected chi connectivity index (χ2v) is 9.21. The second kappa shape index (κ2) is 12.6. The van der Waals surface area contributed by atoms with Gasteiger partial charge in [-0.25, -0.2) is 0 Å². The van der Waals surface area contributed by atoms with E-state index in [1.54, 1.807) is 0 Å². The van der Waals surface area contributed by atoms with Crippen LogP contribution in [0.3, 0.4) is 0 Å². The highest BCUT2D eigenvalue weighted by molar-refractivity contribution is 7.99. The lowest BCUT2D eigenvalue weighted by molar-refractivity contribution is -0.133. The van der Waals surface area contributed by atoms with Gasteiger partial charge in [-0.1, -0.05) is 121 Å². The summed E-state index contributed by atoms with van der Waals surface area (Å²) in [4.78, 5) is 25.4. The van der Waals surface area contributed by atoms with Crippen molar-refractivity contribution in [2.75, 3.05) is 0 Å². The Morgan fingerprint density at radius 3 is 1.32 bits per heavy atom. The van der Waals surface area contributed by atoms with Gasteiger partial charge in [-0.2, -0.15) is 0 Å². The third kappa shape index (κ3) is 7.32. The Balaban J connectivity index is 1.73. The van der Waals surface area contributed by atoms with E-state index < -0.39 is 11.9 Å². The Kier molecular flexibility index (Phi) is 8.74. The van der Waals surface area contributed by atoms with E-state index >= 15 is 0 Å². The summed E-state index contributed by atoms with van der Waals surface area (Å²) in [5, 5.41) is 0. The SMILES string of the molecule is CC(=O)Oc1c(/C=C\c2ccccc2)cccc1Sc1cccc(/C=C\c2ccccc2)c1OC(C)=O. The quantitative estimate of drug-likeness (QED) is 0.138. The summed E-state index contributed by atoms with van der Waals surface area (Å²) in [6.45, 7) is 2.76. The number of hydrogen-bond acceptors (Lipinski definition) is 5. The molecular formula is C32H26O4S. The Morgan fingerprint density at radius 1 is 0.541 bits per heavy atom. The van der Waals surface area contributed by atoms with Gasteiger partial charge in [0.2, 0.25) is 0 Å². The van der Waals surface area contributed by atoms with Crippen molar-refractivity contribution in [2.45, 2.75) is 23.6 Å².